The molecule has 0 bridgehead atoms. The van der Waals surface area contributed by atoms with Crippen molar-refractivity contribution in [1.29, 1.82) is 0 Å². The summed E-state index contributed by atoms with van der Waals surface area (Å²) in [5.74, 6) is -0.748. The van der Waals surface area contributed by atoms with Crippen molar-refractivity contribution in [2.75, 3.05) is 5.32 Å². The molecule has 1 aromatic rings. The summed E-state index contributed by atoms with van der Waals surface area (Å²) in [6.45, 7) is 1.21. The molecule has 0 fully saturated rings. The van der Waals surface area contributed by atoms with Crippen molar-refractivity contribution in [1.82, 2.24) is 9.97 Å². The Morgan fingerprint density at radius 2 is 1.84 bits per heavy atom. The van der Waals surface area contributed by atoms with Gasteiger partial charge in [0.2, 0.25) is 11.9 Å². The molecule has 4 nitrogen and oxygen atoms in total. The zero-order valence-electron chi connectivity index (χ0n) is 10.5. The molecule has 0 atom stereocenters. The fourth-order valence-electron chi connectivity index (χ4n) is 2.22. The van der Waals surface area contributed by atoms with E-state index in [1.807, 2.05) is 0 Å². The van der Waals surface area contributed by atoms with Crippen LogP contribution in [0.2, 0.25) is 0 Å². The van der Waals surface area contributed by atoms with Crippen molar-refractivity contribution in [2.45, 2.75) is 45.2 Å². The monoisotopic (exact) mass is 273 g/mol. The normalized spacial score (nSPS) is 15.6. The molecule has 1 aliphatic rings. The Morgan fingerprint density at radius 3 is 2.47 bits per heavy atom. The second-order valence-electron chi connectivity index (χ2n) is 4.56. The highest BCUT2D eigenvalue weighted by Crippen LogP contribution is 2.34. The number of anilines is 1. The molecule has 19 heavy (non-hydrogen) atoms. The van der Waals surface area contributed by atoms with E-state index in [1.165, 1.54) is 6.92 Å². The van der Waals surface area contributed by atoms with Crippen LogP contribution in [0.4, 0.5) is 19.1 Å². The number of rotatable bonds is 1. The lowest BCUT2D eigenvalue weighted by Gasteiger charge is -2.15. The van der Waals surface area contributed by atoms with Crippen LogP contribution in [0.25, 0.3) is 0 Å². The van der Waals surface area contributed by atoms with E-state index in [0.29, 0.717) is 25.0 Å². The summed E-state index contributed by atoms with van der Waals surface area (Å²) in [5, 5.41) is 2.23. The Balaban J connectivity index is 2.52. The maximum atomic E-state index is 13.0. The van der Waals surface area contributed by atoms with Crippen LogP contribution < -0.4 is 5.32 Å². The van der Waals surface area contributed by atoms with E-state index in [2.05, 4.69) is 15.3 Å². The van der Waals surface area contributed by atoms with Gasteiger partial charge in [0.15, 0.2) is 5.69 Å². The standard InChI is InChI=1S/C12H14F3N3O/c1-7(19)16-11-17-9-6-4-2-3-5-8(9)10(18-11)12(13,14)15/h2-6H2,1H3,(H,16,17,18,19). The highest BCUT2D eigenvalue weighted by Gasteiger charge is 2.37. The first-order valence-corrected chi connectivity index (χ1v) is 6.12. The van der Waals surface area contributed by atoms with E-state index in [0.717, 1.165) is 12.8 Å². The van der Waals surface area contributed by atoms with Crippen LogP contribution in [0.3, 0.4) is 0 Å². The van der Waals surface area contributed by atoms with Crippen molar-refractivity contribution < 1.29 is 18.0 Å². The number of fused-ring (bicyclic) bond motifs is 1. The molecule has 0 saturated heterocycles. The van der Waals surface area contributed by atoms with Crippen LogP contribution in [0.1, 0.15) is 43.1 Å². The second kappa shape index (κ2) is 5.14. The van der Waals surface area contributed by atoms with Crippen molar-refractivity contribution >= 4 is 11.9 Å². The van der Waals surface area contributed by atoms with Gasteiger partial charge in [-0.25, -0.2) is 9.97 Å². The third-order valence-electron chi connectivity index (χ3n) is 2.99. The number of carbonyl (C=O) groups excluding carboxylic acids is 1. The number of aromatic nitrogens is 2. The molecule has 0 unspecified atom stereocenters. The SMILES string of the molecule is CC(=O)Nc1nc2c(c(C(F)(F)F)n1)CCCCC2. The van der Waals surface area contributed by atoms with Crippen LogP contribution >= 0.6 is 0 Å². The minimum Gasteiger partial charge on any atom is -0.295 e. The molecular weight excluding hydrogens is 259 g/mol. The average Bonchev–Trinajstić information content (AvgIpc) is 2.50. The number of halogens is 3. The first-order chi connectivity index (χ1) is 8.88. The zero-order valence-corrected chi connectivity index (χ0v) is 10.5. The summed E-state index contributed by atoms with van der Waals surface area (Å²) in [5.41, 5.74) is -0.328. The van der Waals surface area contributed by atoms with Gasteiger partial charge < -0.3 is 0 Å². The van der Waals surface area contributed by atoms with Gasteiger partial charge in [-0.1, -0.05) is 6.42 Å². The number of amides is 1. The van der Waals surface area contributed by atoms with Crippen LogP contribution in [-0.2, 0) is 23.8 Å². The number of hydrogen-bond acceptors (Lipinski definition) is 3. The molecule has 0 radical (unpaired) electrons. The van der Waals surface area contributed by atoms with Crippen LogP contribution in [0.15, 0.2) is 0 Å². The lowest BCUT2D eigenvalue weighted by Crippen LogP contribution is -2.19. The Labute approximate surface area is 108 Å². The summed E-state index contributed by atoms with van der Waals surface area (Å²) < 4.78 is 39.1. The van der Waals surface area contributed by atoms with Crippen LogP contribution in [0.5, 0.6) is 0 Å². The molecule has 0 spiro atoms. The van der Waals surface area contributed by atoms with Gasteiger partial charge in [0, 0.05) is 18.2 Å². The minimum absolute atomic E-state index is 0.180. The van der Waals surface area contributed by atoms with Crippen LogP contribution in [0, 0.1) is 0 Å². The van der Waals surface area contributed by atoms with Gasteiger partial charge in [0.1, 0.15) is 0 Å². The Kier molecular flexibility index (Phi) is 3.73. The average molecular weight is 273 g/mol. The number of alkyl halides is 3. The summed E-state index contributed by atoms with van der Waals surface area (Å²) in [4.78, 5) is 18.5. The molecule has 104 valence electrons. The van der Waals surface area contributed by atoms with Gasteiger partial charge in [-0.05, 0) is 25.7 Å². The third-order valence-corrected chi connectivity index (χ3v) is 2.99. The number of nitrogens with zero attached hydrogens (tertiary/aromatic N) is 2. The fourth-order valence-corrected chi connectivity index (χ4v) is 2.22. The predicted octanol–water partition coefficient (Wildman–Crippen LogP) is 2.72. The predicted molar refractivity (Wildman–Crippen MR) is 62.6 cm³/mol. The number of carbonyl (C=O) groups is 1. The summed E-state index contributed by atoms with van der Waals surface area (Å²) >= 11 is 0. The van der Waals surface area contributed by atoms with Crippen molar-refractivity contribution in [3.63, 3.8) is 0 Å². The second-order valence-corrected chi connectivity index (χ2v) is 4.56. The number of nitrogens with one attached hydrogen (secondary N) is 1. The third kappa shape index (κ3) is 3.21. The molecule has 1 aromatic heterocycles. The van der Waals surface area contributed by atoms with Gasteiger partial charge in [0.05, 0.1) is 0 Å². The Hall–Kier alpha value is -1.66. The lowest BCUT2D eigenvalue weighted by atomic mass is 10.1. The van der Waals surface area contributed by atoms with Gasteiger partial charge in [0.25, 0.3) is 0 Å². The van der Waals surface area contributed by atoms with E-state index in [-0.39, 0.29) is 11.5 Å². The van der Waals surface area contributed by atoms with E-state index in [1.54, 1.807) is 0 Å². The molecule has 0 aromatic carbocycles. The molecule has 7 heteroatoms. The molecule has 1 amide bonds. The molecule has 1 aliphatic carbocycles. The summed E-state index contributed by atoms with van der Waals surface area (Å²) in [6.07, 6.45) is -1.30. The molecule has 1 heterocycles. The number of hydrogen-bond donors (Lipinski definition) is 1. The Morgan fingerprint density at radius 1 is 1.16 bits per heavy atom. The van der Waals surface area contributed by atoms with Gasteiger partial charge in [-0.3, -0.25) is 10.1 Å². The van der Waals surface area contributed by atoms with Gasteiger partial charge >= 0.3 is 6.18 Å². The lowest BCUT2D eigenvalue weighted by molar-refractivity contribution is -0.142. The summed E-state index contributed by atoms with van der Waals surface area (Å²) in [6, 6.07) is 0. The van der Waals surface area contributed by atoms with E-state index >= 15 is 0 Å². The van der Waals surface area contributed by atoms with Crippen molar-refractivity contribution in [2.24, 2.45) is 0 Å². The molecule has 0 aliphatic heterocycles. The smallest absolute Gasteiger partial charge is 0.295 e. The van der Waals surface area contributed by atoms with Gasteiger partial charge in [-0.15, -0.1) is 0 Å². The highest BCUT2D eigenvalue weighted by molar-refractivity contribution is 5.86. The first kappa shape index (κ1) is 13.8. The zero-order chi connectivity index (χ0) is 14.0. The molecule has 2 rings (SSSR count). The van der Waals surface area contributed by atoms with Crippen LogP contribution in [-0.4, -0.2) is 15.9 Å². The highest BCUT2D eigenvalue weighted by atomic mass is 19.4. The van der Waals surface area contributed by atoms with Crippen molar-refractivity contribution in [3.8, 4) is 0 Å². The molecule has 1 N–H and O–H groups in total. The first-order valence-electron chi connectivity index (χ1n) is 6.12. The van der Waals surface area contributed by atoms with Crippen molar-refractivity contribution in [3.05, 3.63) is 17.0 Å². The molecule has 0 saturated carbocycles. The van der Waals surface area contributed by atoms with E-state index < -0.39 is 17.8 Å². The van der Waals surface area contributed by atoms with E-state index in [9.17, 15) is 18.0 Å². The number of aryl methyl sites for hydroxylation is 1. The molecular formula is C12H14F3N3O. The quantitative estimate of drug-likeness (QED) is 0.800. The van der Waals surface area contributed by atoms with E-state index in [4.69, 9.17) is 0 Å². The maximum Gasteiger partial charge on any atom is 0.433 e. The Bertz CT molecular complexity index is 500. The topological polar surface area (TPSA) is 54.9 Å². The fraction of sp³-hybridized carbons (Fsp3) is 0.583. The van der Waals surface area contributed by atoms with Gasteiger partial charge in [-0.2, -0.15) is 13.2 Å². The minimum atomic E-state index is -4.52. The largest absolute Gasteiger partial charge is 0.433 e. The summed E-state index contributed by atoms with van der Waals surface area (Å²) in [7, 11) is 0. The maximum absolute atomic E-state index is 13.0.